The van der Waals surface area contributed by atoms with E-state index in [-0.39, 0.29) is 13.2 Å². The van der Waals surface area contributed by atoms with Crippen LogP contribution in [-0.4, -0.2) is 43.7 Å². The van der Waals surface area contributed by atoms with Crippen LogP contribution >= 0.6 is 0 Å². The van der Waals surface area contributed by atoms with Crippen LogP contribution in [0.5, 0.6) is 0 Å². The third kappa shape index (κ3) is 69.5. The van der Waals surface area contributed by atoms with Gasteiger partial charge < -0.3 is 10.2 Å². The predicted molar refractivity (Wildman–Crippen MR) is 102 cm³/mol. The molecule has 2 nitrogen and oxygen atoms in total. The van der Waals surface area contributed by atoms with Crippen LogP contribution in [0.2, 0.25) is 21.1 Å². The van der Waals surface area contributed by atoms with Gasteiger partial charge in [0, 0.05) is 0 Å². The summed E-state index contributed by atoms with van der Waals surface area (Å²) >= 11 is 1.58. The van der Waals surface area contributed by atoms with Crippen molar-refractivity contribution >= 4 is 30.4 Å². The minimum absolute atomic E-state index is 0. The molecule has 0 amide bonds. The van der Waals surface area contributed by atoms with Crippen LogP contribution in [0.15, 0.2) is 0 Å². The molecule has 0 aromatic carbocycles. The van der Waals surface area contributed by atoms with Crippen molar-refractivity contribution in [1.29, 1.82) is 0 Å². The standard InChI is InChI=1S/2C4H9.2C3H7.2C2H5O.2Al/c2*1-4(2)3;2*1-3-2;2*1-2-3;;/h2*4H,1H2,2-3H3;2*1,3H2,2H3;2*2H2,1H3;;/q;;;;2*-1;2*+1. The Hall–Kier alpha value is 0.985. The van der Waals surface area contributed by atoms with E-state index < -0.39 is 0 Å². The molecule has 0 atom stereocenters. The minimum Gasteiger partial charge on any atom is -0.855 e. The molecule has 0 unspecified atom stereocenters. The fraction of sp³-hybridized carbons (Fsp3) is 1.00. The topological polar surface area (TPSA) is 46.1 Å². The molecule has 0 N–H and O–H groups in total. The molecule has 132 valence electrons. The van der Waals surface area contributed by atoms with Crippen molar-refractivity contribution in [3.8, 4) is 0 Å². The molecular weight excluding hydrogens is 302 g/mol. The minimum atomic E-state index is 0. The molecule has 0 radical (unpaired) electrons. The third-order valence-corrected chi connectivity index (χ3v) is 6.79. The first-order chi connectivity index (χ1) is 10.4. The van der Waals surface area contributed by atoms with Gasteiger partial charge in [-0.15, -0.1) is 13.2 Å². The van der Waals surface area contributed by atoms with Crippen LogP contribution in [0.3, 0.4) is 0 Å². The van der Waals surface area contributed by atoms with Crippen molar-refractivity contribution in [2.75, 3.05) is 13.2 Å². The third-order valence-electron chi connectivity index (χ3n) is 2.26. The van der Waals surface area contributed by atoms with Gasteiger partial charge in [-0.2, -0.15) is 0 Å². The maximum Gasteiger partial charge on any atom is -0.0809 e. The van der Waals surface area contributed by atoms with Gasteiger partial charge in [-0.1, -0.05) is 13.8 Å². The molecular formula is C18H42Al2O2. The zero-order valence-electron chi connectivity index (χ0n) is 16.8. The van der Waals surface area contributed by atoms with E-state index in [1.165, 1.54) is 34.0 Å². The van der Waals surface area contributed by atoms with Gasteiger partial charge in [-0.3, -0.25) is 0 Å². The first-order valence-corrected chi connectivity index (χ1v) is 12.4. The van der Waals surface area contributed by atoms with Crippen LogP contribution in [0.25, 0.3) is 0 Å². The molecule has 0 aliphatic heterocycles. The van der Waals surface area contributed by atoms with Gasteiger partial charge >= 0.3 is 118 Å². The van der Waals surface area contributed by atoms with Crippen LogP contribution in [0, 0.1) is 11.8 Å². The summed E-state index contributed by atoms with van der Waals surface area (Å²) in [5, 5.41) is 23.8. The Bertz CT molecular complexity index is 129. The zero-order chi connectivity index (χ0) is 18.2. The number of hydrogen-bond acceptors (Lipinski definition) is 2. The molecule has 0 aliphatic rings. The van der Waals surface area contributed by atoms with Crippen LogP contribution < -0.4 is 10.2 Å². The van der Waals surface area contributed by atoms with Crippen LogP contribution in [0.4, 0.5) is 0 Å². The molecule has 22 heavy (non-hydrogen) atoms. The molecule has 4 heteroatoms. The Kier molecular flexibility index (Phi) is 47.0. The largest absolute Gasteiger partial charge is 0.855 e. The Labute approximate surface area is 154 Å². The van der Waals surface area contributed by atoms with E-state index in [4.69, 9.17) is 10.2 Å². The van der Waals surface area contributed by atoms with E-state index in [1.807, 2.05) is 0 Å². The first kappa shape index (κ1) is 30.8. The smallest absolute Gasteiger partial charge is 0.0809 e. The fourth-order valence-electron chi connectivity index (χ4n) is 1.32. The van der Waals surface area contributed by atoms with Crippen molar-refractivity contribution in [2.24, 2.45) is 11.8 Å². The van der Waals surface area contributed by atoms with E-state index in [0.717, 1.165) is 42.3 Å². The fourth-order valence-corrected chi connectivity index (χ4v) is 3.95. The maximum atomic E-state index is 8.93. The van der Waals surface area contributed by atoms with Gasteiger partial charge in [-0.25, -0.2) is 0 Å². The van der Waals surface area contributed by atoms with E-state index >= 15 is 0 Å². The van der Waals surface area contributed by atoms with Gasteiger partial charge in [0.1, 0.15) is 0 Å². The first-order valence-electron chi connectivity index (χ1n) is 9.16. The van der Waals surface area contributed by atoms with E-state index in [0.29, 0.717) is 0 Å². The molecule has 0 spiro atoms. The monoisotopic (exact) mass is 344 g/mol. The molecule has 0 rings (SSSR count). The van der Waals surface area contributed by atoms with E-state index in [1.54, 1.807) is 13.8 Å². The van der Waals surface area contributed by atoms with Crippen LogP contribution in [-0.2, 0) is 0 Å². The molecule has 0 heterocycles. The van der Waals surface area contributed by atoms with E-state index in [2.05, 4.69) is 41.5 Å². The summed E-state index contributed by atoms with van der Waals surface area (Å²) in [7, 11) is 0. The van der Waals surface area contributed by atoms with Crippen LogP contribution in [0.1, 0.15) is 68.2 Å². The van der Waals surface area contributed by atoms with Crippen molar-refractivity contribution in [3.05, 3.63) is 0 Å². The molecule has 0 fully saturated rings. The summed E-state index contributed by atoms with van der Waals surface area (Å²) in [5.74, 6) is 1.86. The Morgan fingerprint density at radius 3 is 1.09 bits per heavy atom. The van der Waals surface area contributed by atoms with Gasteiger partial charge in [0.2, 0.25) is 0 Å². The maximum absolute atomic E-state index is 8.93. The Balaban J connectivity index is -0.000000110. The molecule has 0 saturated carbocycles. The van der Waals surface area contributed by atoms with E-state index in [9.17, 15) is 0 Å². The van der Waals surface area contributed by atoms with Gasteiger partial charge in [0.05, 0.1) is 0 Å². The molecule has 0 aromatic rings. The molecule has 0 aromatic heterocycles. The Morgan fingerprint density at radius 2 is 0.909 bits per heavy atom. The summed E-state index contributed by atoms with van der Waals surface area (Å²) < 4.78 is 0. The van der Waals surface area contributed by atoms with Crippen molar-refractivity contribution < 1.29 is 10.2 Å². The second-order valence-electron chi connectivity index (χ2n) is 5.99. The number of hydrogen-bond donors (Lipinski definition) is 0. The summed E-state index contributed by atoms with van der Waals surface area (Å²) in [6.07, 6.45) is 2.80. The molecule has 0 bridgehead atoms. The zero-order valence-corrected chi connectivity index (χ0v) is 19.1. The quantitative estimate of drug-likeness (QED) is 0.495. The summed E-state index contributed by atoms with van der Waals surface area (Å²) in [5.41, 5.74) is 0. The molecule has 0 aliphatic carbocycles. The van der Waals surface area contributed by atoms with Gasteiger partial charge in [-0.05, 0) is 0 Å². The van der Waals surface area contributed by atoms with Gasteiger partial charge in [0.15, 0.2) is 0 Å². The summed E-state index contributed by atoms with van der Waals surface area (Å²) in [6.45, 7) is 16.9. The SMILES string of the molecule is CC(C)[CH2][Al+][CH2]C(C)C.CC[CH2][Al+][CH2]CC.CC[O-].CC[O-]. The van der Waals surface area contributed by atoms with Crippen molar-refractivity contribution in [3.63, 3.8) is 0 Å². The summed E-state index contributed by atoms with van der Waals surface area (Å²) in [6, 6.07) is 0. The van der Waals surface area contributed by atoms with Crippen molar-refractivity contribution in [2.45, 2.75) is 89.4 Å². The summed E-state index contributed by atoms with van der Waals surface area (Å²) in [4.78, 5) is 0. The molecule has 0 saturated heterocycles. The van der Waals surface area contributed by atoms with Crippen molar-refractivity contribution in [1.82, 2.24) is 0 Å². The average Bonchev–Trinajstić information content (AvgIpc) is 2.41. The second-order valence-corrected chi connectivity index (χ2v) is 9.24. The predicted octanol–water partition coefficient (Wildman–Crippen LogP) is 3.92. The number of rotatable bonds is 8. The average molecular weight is 344 g/mol. The second kappa shape index (κ2) is 33.6. The Morgan fingerprint density at radius 1 is 0.636 bits per heavy atom. The van der Waals surface area contributed by atoms with Gasteiger partial charge in [0.25, 0.3) is 0 Å². The normalized spacial score (nSPS) is 8.55.